The number of carbonyl (C=O) groups excluding carboxylic acids is 2. The molecule has 0 aliphatic carbocycles. The van der Waals surface area contributed by atoms with E-state index in [4.69, 9.17) is 10.7 Å². The van der Waals surface area contributed by atoms with Crippen LogP contribution in [-0.2, 0) is 16.0 Å². The van der Waals surface area contributed by atoms with Gasteiger partial charge in [0.1, 0.15) is 5.82 Å². The van der Waals surface area contributed by atoms with Gasteiger partial charge in [-0.2, -0.15) is 0 Å². The molecule has 2 aliphatic rings. The van der Waals surface area contributed by atoms with Crippen LogP contribution in [-0.4, -0.2) is 58.3 Å². The van der Waals surface area contributed by atoms with Crippen molar-refractivity contribution in [3.8, 4) is 0 Å². The van der Waals surface area contributed by atoms with Gasteiger partial charge in [-0.05, 0) is 87.5 Å². The first-order valence-corrected chi connectivity index (χ1v) is 14.1. The molecule has 2 atom stereocenters. The van der Waals surface area contributed by atoms with Crippen molar-refractivity contribution in [2.24, 2.45) is 5.92 Å². The fourth-order valence-corrected chi connectivity index (χ4v) is 6.63. The Hall–Kier alpha value is -3.04. The Labute approximate surface area is 222 Å². The Morgan fingerprint density at radius 1 is 1.16 bits per heavy atom. The van der Waals surface area contributed by atoms with E-state index in [9.17, 15) is 9.59 Å². The van der Waals surface area contributed by atoms with Gasteiger partial charge in [-0.15, -0.1) is 11.3 Å². The van der Waals surface area contributed by atoms with E-state index in [-0.39, 0.29) is 6.04 Å². The van der Waals surface area contributed by atoms with E-state index < -0.39 is 11.8 Å². The number of pyridine rings is 1. The molecule has 3 aromatic rings. The Kier molecular flexibility index (Phi) is 7.44. The predicted octanol–water partition coefficient (Wildman–Crippen LogP) is 4.58. The van der Waals surface area contributed by atoms with Crippen molar-refractivity contribution in [1.82, 2.24) is 19.8 Å². The number of hydrogen-bond acceptors (Lipinski definition) is 7. The van der Waals surface area contributed by atoms with Crippen molar-refractivity contribution in [3.05, 3.63) is 46.6 Å². The van der Waals surface area contributed by atoms with Crippen LogP contribution in [0.15, 0.2) is 30.5 Å². The molecule has 2 fully saturated rings. The topological polar surface area (TPSA) is 104 Å². The normalized spacial score (nSPS) is 21.3. The molecule has 2 aliphatic heterocycles. The van der Waals surface area contributed by atoms with E-state index in [2.05, 4.69) is 47.4 Å². The maximum Gasteiger partial charge on any atom is 0.313 e. The summed E-state index contributed by atoms with van der Waals surface area (Å²) in [6, 6.07) is 7.99. The molecule has 1 aromatic carbocycles. The van der Waals surface area contributed by atoms with Gasteiger partial charge in [0, 0.05) is 12.5 Å². The summed E-state index contributed by atoms with van der Waals surface area (Å²) >= 11 is 1.79. The van der Waals surface area contributed by atoms with Crippen LogP contribution in [0.3, 0.4) is 0 Å². The van der Waals surface area contributed by atoms with Gasteiger partial charge < -0.3 is 20.9 Å². The monoisotopic (exact) mass is 520 g/mol. The second kappa shape index (κ2) is 10.8. The van der Waals surface area contributed by atoms with E-state index in [0.29, 0.717) is 36.3 Å². The van der Waals surface area contributed by atoms with E-state index in [0.717, 1.165) is 55.4 Å². The number of aryl methyl sites for hydroxylation is 1. The Balaban J connectivity index is 1.36. The summed E-state index contributed by atoms with van der Waals surface area (Å²) < 4.78 is 1.18. The number of thiazole rings is 1. The lowest BCUT2D eigenvalue weighted by atomic mass is 9.89. The van der Waals surface area contributed by atoms with Crippen LogP contribution >= 0.6 is 11.3 Å². The lowest BCUT2D eigenvalue weighted by Gasteiger charge is -2.38. The number of aromatic nitrogens is 2. The van der Waals surface area contributed by atoms with Gasteiger partial charge in [-0.25, -0.2) is 9.97 Å². The minimum Gasteiger partial charge on any atom is -0.383 e. The van der Waals surface area contributed by atoms with Gasteiger partial charge in [-0.1, -0.05) is 19.9 Å². The van der Waals surface area contributed by atoms with Gasteiger partial charge in [0.15, 0.2) is 0 Å². The van der Waals surface area contributed by atoms with Crippen molar-refractivity contribution in [2.75, 3.05) is 37.7 Å². The van der Waals surface area contributed by atoms with Crippen LogP contribution in [0.25, 0.3) is 10.2 Å². The zero-order valence-corrected chi connectivity index (χ0v) is 22.7. The number of nitrogens with zero attached hydrogens (tertiary/aromatic N) is 4. The third kappa shape index (κ3) is 5.48. The standard InChI is InChI=1S/C28H36N6O2S/c1-4-18-13-21(15-30-25(18)29)31-26(35)28(36)34-16-17(2)5-7-23(34)20-6-8-24-22(14-20)32-27(37-24)19-9-11-33(3)12-10-19/h6,8,13-15,17,19,23H,4-5,7,9-12,16H2,1-3H3,(H2,29,30)(H,31,35)/t17-,23?/m0/s1. The highest BCUT2D eigenvalue weighted by atomic mass is 32.1. The number of amides is 2. The number of likely N-dealkylation sites (tertiary alicyclic amines) is 2. The summed E-state index contributed by atoms with van der Waals surface area (Å²) in [6.07, 6.45) is 6.30. The molecule has 0 radical (unpaired) electrons. The van der Waals surface area contributed by atoms with Gasteiger partial charge in [0.05, 0.1) is 33.2 Å². The highest BCUT2D eigenvalue weighted by Crippen LogP contribution is 2.38. The van der Waals surface area contributed by atoms with Crippen LogP contribution in [0, 0.1) is 5.92 Å². The van der Waals surface area contributed by atoms with Crippen molar-refractivity contribution >= 4 is 44.9 Å². The molecule has 5 rings (SSSR count). The van der Waals surface area contributed by atoms with Gasteiger partial charge >= 0.3 is 11.8 Å². The number of benzene rings is 1. The second-order valence-electron chi connectivity index (χ2n) is 10.6. The molecule has 1 unspecified atom stereocenters. The zero-order chi connectivity index (χ0) is 26.1. The SMILES string of the molecule is CCc1cc(NC(=O)C(=O)N2C[C@@H](C)CCC2c2ccc3sc(C4CCN(C)CC4)nc3c2)cnc1N. The Bertz CT molecular complexity index is 1300. The average Bonchev–Trinajstić information content (AvgIpc) is 3.33. The first-order valence-electron chi connectivity index (χ1n) is 13.3. The van der Waals surface area contributed by atoms with Gasteiger partial charge in [-0.3, -0.25) is 9.59 Å². The van der Waals surface area contributed by atoms with E-state index in [1.807, 2.05) is 6.92 Å². The molecule has 0 saturated carbocycles. The number of hydrogen-bond donors (Lipinski definition) is 2. The molecule has 3 N–H and O–H groups in total. The molecule has 0 bridgehead atoms. The second-order valence-corrected chi connectivity index (χ2v) is 11.7. The first-order chi connectivity index (χ1) is 17.8. The molecule has 8 nitrogen and oxygen atoms in total. The van der Waals surface area contributed by atoms with Crippen LogP contribution in [0.1, 0.15) is 67.6 Å². The lowest BCUT2D eigenvalue weighted by Crippen LogP contribution is -2.46. The Morgan fingerprint density at radius 2 is 1.95 bits per heavy atom. The van der Waals surface area contributed by atoms with E-state index in [1.54, 1.807) is 22.3 Å². The maximum absolute atomic E-state index is 13.4. The predicted molar refractivity (Wildman–Crippen MR) is 149 cm³/mol. The summed E-state index contributed by atoms with van der Waals surface area (Å²) in [5, 5.41) is 3.95. The summed E-state index contributed by atoms with van der Waals surface area (Å²) in [6.45, 7) is 6.87. The number of fused-ring (bicyclic) bond motifs is 1. The highest BCUT2D eigenvalue weighted by Gasteiger charge is 2.34. The smallest absolute Gasteiger partial charge is 0.313 e. The number of nitrogens with one attached hydrogen (secondary N) is 1. The number of nitrogens with two attached hydrogens (primary N) is 1. The Morgan fingerprint density at radius 3 is 2.70 bits per heavy atom. The fraction of sp³-hybridized carbons (Fsp3) is 0.500. The molecule has 9 heteroatoms. The molecule has 4 heterocycles. The quantitative estimate of drug-likeness (QED) is 0.488. The highest BCUT2D eigenvalue weighted by molar-refractivity contribution is 7.18. The maximum atomic E-state index is 13.4. The minimum absolute atomic E-state index is 0.150. The number of carbonyl (C=O) groups is 2. The molecule has 2 saturated heterocycles. The molecule has 37 heavy (non-hydrogen) atoms. The van der Waals surface area contributed by atoms with Crippen molar-refractivity contribution < 1.29 is 9.59 Å². The van der Waals surface area contributed by atoms with Crippen molar-refractivity contribution in [2.45, 2.75) is 57.9 Å². The summed E-state index contributed by atoms with van der Waals surface area (Å²) in [4.78, 5) is 39.7. The summed E-state index contributed by atoms with van der Waals surface area (Å²) in [5.41, 5.74) is 9.25. The van der Waals surface area contributed by atoms with Crippen LogP contribution in [0.2, 0.25) is 0 Å². The largest absolute Gasteiger partial charge is 0.383 e. The third-order valence-electron chi connectivity index (χ3n) is 7.79. The van der Waals surface area contributed by atoms with Gasteiger partial charge in [0.25, 0.3) is 0 Å². The number of nitrogen functional groups attached to an aromatic ring is 1. The van der Waals surface area contributed by atoms with E-state index >= 15 is 0 Å². The first kappa shape index (κ1) is 25.6. The minimum atomic E-state index is -0.646. The number of piperidine rings is 2. The average molecular weight is 521 g/mol. The van der Waals surface area contributed by atoms with Gasteiger partial charge in [0.2, 0.25) is 0 Å². The molecular weight excluding hydrogens is 484 g/mol. The van der Waals surface area contributed by atoms with Crippen LogP contribution in [0.4, 0.5) is 11.5 Å². The fourth-order valence-electron chi connectivity index (χ4n) is 5.51. The number of rotatable bonds is 4. The lowest BCUT2D eigenvalue weighted by molar-refractivity contribution is -0.146. The van der Waals surface area contributed by atoms with Crippen molar-refractivity contribution in [1.29, 1.82) is 0 Å². The van der Waals surface area contributed by atoms with Crippen molar-refractivity contribution in [3.63, 3.8) is 0 Å². The molecular formula is C28H36N6O2S. The van der Waals surface area contributed by atoms with Crippen LogP contribution < -0.4 is 11.1 Å². The molecule has 196 valence electrons. The van der Waals surface area contributed by atoms with Crippen LogP contribution in [0.5, 0.6) is 0 Å². The third-order valence-corrected chi connectivity index (χ3v) is 8.99. The number of anilines is 2. The van der Waals surface area contributed by atoms with E-state index in [1.165, 1.54) is 15.9 Å². The summed E-state index contributed by atoms with van der Waals surface area (Å²) in [7, 11) is 2.17. The zero-order valence-electron chi connectivity index (χ0n) is 21.9. The molecule has 0 spiro atoms. The molecule has 2 amide bonds. The molecule has 2 aromatic heterocycles. The summed E-state index contributed by atoms with van der Waals surface area (Å²) in [5.74, 6) is 0.124.